The van der Waals surface area contributed by atoms with Crippen molar-refractivity contribution >= 4 is 11.0 Å². The van der Waals surface area contributed by atoms with Crippen LogP contribution in [-0.4, -0.2) is 9.55 Å². The number of hydrogen-bond acceptors (Lipinski definition) is 2. The van der Waals surface area contributed by atoms with Crippen molar-refractivity contribution < 1.29 is 4.74 Å². The fourth-order valence-corrected chi connectivity index (χ4v) is 3.94. The van der Waals surface area contributed by atoms with Crippen molar-refractivity contribution in [3.8, 4) is 5.75 Å². The quantitative estimate of drug-likeness (QED) is 0.361. The van der Waals surface area contributed by atoms with Crippen molar-refractivity contribution in [2.24, 2.45) is 0 Å². The second kappa shape index (κ2) is 8.35. The number of ether oxygens (including phenoxy) is 1. The van der Waals surface area contributed by atoms with Crippen LogP contribution in [0.2, 0.25) is 0 Å². The lowest BCUT2D eigenvalue weighted by Crippen LogP contribution is -2.10. The van der Waals surface area contributed by atoms with E-state index in [9.17, 15) is 0 Å². The fourth-order valence-electron chi connectivity index (χ4n) is 3.94. The first-order valence-corrected chi connectivity index (χ1v) is 10.7. The highest BCUT2D eigenvalue weighted by Gasteiger charge is 2.14. The number of benzene rings is 3. The van der Waals surface area contributed by atoms with E-state index in [1.54, 1.807) is 0 Å². The van der Waals surface area contributed by atoms with Gasteiger partial charge in [-0.1, -0.05) is 61.9 Å². The highest BCUT2D eigenvalue weighted by Crippen LogP contribution is 2.29. The lowest BCUT2D eigenvalue weighted by atomic mass is 10.0. The van der Waals surface area contributed by atoms with E-state index in [-0.39, 0.29) is 0 Å². The summed E-state index contributed by atoms with van der Waals surface area (Å²) in [6.45, 7) is 12.1. The Morgan fingerprint density at radius 3 is 2.43 bits per heavy atom. The van der Waals surface area contributed by atoms with Crippen molar-refractivity contribution in [3.05, 3.63) is 94.3 Å². The largest absolute Gasteiger partial charge is 0.485 e. The van der Waals surface area contributed by atoms with Gasteiger partial charge in [-0.25, -0.2) is 4.98 Å². The summed E-state index contributed by atoms with van der Waals surface area (Å²) in [6.07, 6.45) is 0. The van der Waals surface area contributed by atoms with E-state index < -0.39 is 0 Å². The molecule has 30 heavy (non-hydrogen) atoms. The molecule has 0 aliphatic carbocycles. The lowest BCUT2D eigenvalue weighted by Gasteiger charge is -2.16. The van der Waals surface area contributed by atoms with Crippen LogP contribution in [0, 0.1) is 20.8 Å². The Hall–Kier alpha value is -3.07. The number of rotatable bonds is 6. The molecule has 4 aromatic rings. The maximum absolute atomic E-state index is 6.34. The van der Waals surface area contributed by atoms with Gasteiger partial charge in [0.15, 0.2) is 0 Å². The molecular formula is C27H30N2O. The third kappa shape index (κ3) is 4.11. The summed E-state index contributed by atoms with van der Waals surface area (Å²) in [6, 6.07) is 21.4. The second-order valence-electron chi connectivity index (χ2n) is 8.52. The van der Waals surface area contributed by atoms with Crippen molar-refractivity contribution in [1.29, 1.82) is 0 Å². The van der Waals surface area contributed by atoms with Gasteiger partial charge >= 0.3 is 0 Å². The molecule has 3 heteroatoms. The second-order valence-corrected chi connectivity index (χ2v) is 8.52. The van der Waals surface area contributed by atoms with Crippen molar-refractivity contribution in [2.75, 3.05) is 0 Å². The number of nitrogens with zero attached hydrogens (tertiary/aromatic N) is 2. The Morgan fingerprint density at radius 1 is 0.900 bits per heavy atom. The van der Waals surface area contributed by atoms with Crippen LogP contribution in [0.4, 0.5) is 0 Å². The van der Waals surface area contributed by atoms with E-state index in [2.05, 4.69) is 93.8 Å². The highest BCUT2D eigenvalue weighted by molar-refractivity contribution is 5.76. The van der Waals surface area contributed by atoms with Crippen LogP contribution in [0.5, 0.6) is 5.75 Å². The Labute approximate surface area is 179 Å². The number of aryl methyl sites for hydroxylation is 3. The van der Waals surface area contributed by atoms with E-state index >= 15 is 0 Å². The first kappa shape index (κ1) is 20.2. The standard InChI is InChI=1S/C27H30N2O/c1-18(2)23-13-11-20(4)15-26(23)30-17-27-28-24-8-6-7-9-25(24)29(27)16-22-14-19(3)10-12-21(22)5/h6-15,18H,16-17H2,1-5H3. The predicted molar refractivity (Wildman–Crippen MR) is 124 cm³/mol. The Morgan fingerprint density at radius 2 is 1.63 bits per heavy atom. The van der Waals surface area contributed by atoms with Gasteiger partial charge in [0.05, 0.1) is 11.0 Å². The summed E-state index contributed by atoms with van der Waals surface area (Å²) in [5.41, 5.74) is 8.49. The molecule has 0 N–H and O–H groups in total. The molecule has 0 saturated heterocycles. The SMILES string of the molecule is Cc1ccc(C)c(Cn2c(COc3cc(C)ccc3C(C)C)nc3ccccc32)c1. The van der Waals surface area contributed by atoms with Gasteiger partial charge in [0.1, 0.15) is 18.2 Å². The number of aromatic nitrogens is 2. The smallest absolute Gasteiger partial charge is 0.148 e. The van der Waals surface area contributed by atoms with E-state index in [1.165, 1.54) is 27.8 Å². The van der Waals surface area contributed by atoms with Crippen molar-refractivity contribution in [3.63, 3.8) is 0 Å². The molecule has 1 heterocycles. The third-order valence-corrected chi connectivity index (χ3v) is 5.71. The molecule has 0 aliphatic rings. The van der Waals surface area contributed by atoms with Gasteiger partial charge in [0.2, 0.25) is 0 Å². The minimum atomic E-state index is 0.411. The maximum atomic E-state index is 6.34. The first-order valence-electron chi connectivity index (χ1n) is 10.7. The minimum absolute atomic E-state index is 0.411. The van der Waals surface area contributed by atoms with Gasteiger partial charge in [-0.2, -0.15) is 0 Å². The van der Waals surface area contributed by atoms with Crippen molar-refractivity contribution in [1.82, 2.24) is 9.55 Å². The van der Waals surface area contributed by atoms with Crippen LogP contribution < -0.4 is 4.74 Å². The van der Waals surface area contributed by atoms with E-state index in [0.29, 0.717) is 12.5 Å². The van der Waals surface area contributed by atoms with Crippen LogP contribution in [-0.2, 0) is 13.2 Å². The number of imidazole rings is 1. The zero-order valence-electron chi connectivity index (χ0n) is 18.6. The van der Waals surface area contributed by atoms with Gasteiger partial charge in [-0.05, 0) is 67.1 Å². The van der Waals surface area contributed by atoms with Gasteiger partial charge in [0, 0.05) is 6.54 Å². The van der Waals surface area contributed by atoms with Crippen molar-refractivity contribution in [2.45, 2.75) is 53.7 Å². The molecule has 0 bridgehead atoms. The Balaban J connectivity index is 1.71. The summed E-state index contributed by atoms with van der Waals surface area (Å²) in [4.78, 5) is 4.91. The van der Waals surface area contributed by atoms with Crippen LogP contribution in [0.3, 0.4) is 0 Å². The molecule has 0 unspecified atom stereocenters. The van der Waals surface area contributed by atoms with E-state index in [1.807, 2.05) is 6.07 Å². The molecule has 154 valence electrons. The Kier molecular flexibility index (Phi) is 5.63. The van der Waals surface area contributed by atoms with Gasteiger partial charge in [-0.3, -0.25) is 0 Å². The van der Waals surface area contributed by atoms with Crippen LogP contribution in [0.1, 0.15) is 53.4 Å². The van der Waals surface area contributed by atoms with Gasteiger partial charge < -0.3 is 9.30 Å². The summed E-state index contributed by atoms with van der Waals surface area (Å²) in [7, 11) is 0. The minimum Gasteiger partial charge on any atom is -0.485 e. The molecule has 0 aliphatic heterocycles. The average Bonchev–Trinajstić information content (AvgIpc) is 3.06. The third-order valence-electron chi connectivity index (χ3n) is 5.71. The normalized spacial score (nSPS) is 11.4. The molecule has 4 rings (SSSR count). The topological polar surface area (TPSA) is 27.1 Å². The molecular weight excluding hydrogens is 368 g/mol. The summed E-state index contributed by atoms with van der Waals surface area (Å²) >= 11 is 0. The predicted octanol–water partition coefficient (Wildman–Crippen LogP) is 6.71. The Bertz CT molecular complexity index is 1190. The molecule has 3 aromatic carbocycles. The lowest BCUT2D eigenvalue weighted by molar-refractivity contribution is 0.287. The molecule has 0 saturated carbocycles. The monoisotopic (exact) mass is 398 g/mol. The van der Waals surface area contributed by atoms with Crippen LogP contribution >= 0.6 is 0 Å². The summed E-state index contributed by atoms with van der Waals surface area (Å²) in [5.74, 6) is 2.32. The average molecular weight is 399 g/mol. The van der Waals surface area contributed by atoms with E-state index in [0.717, 1.165) is 29.2 Å². The molecule has 0 atom stereocenters. The zero-order valence-corrected chi connectivity index (χ0v) is 18.6. The zero-order chi connectivity index (χ0) is 21.3. The molecule has 0 radical (unpaired) electrons. The summed E-state index contributed by atoms with van der Waals surface area (Å²) < 4.78 is 8.64. The number of hydrogen-bond donors (Lipinski definition) is 0. The fraction of sp³-hybridized carbons (Fsp3) is 0.296. The molecule has 0 amide bonds. The van der Waals surface area contributed by atoms with E-state index in [4.69, 9.17) is 9.72 Å². The maximum Gasteiger partial charge on any atom is 0.148 e. The van der Waals surface area contributed by atoms with Crippen LogP contribution in [0.25, 0.3) is 11.0 Å². The number of fused-ring (bicyclic) bond motifs is 1. The highest BCUT2D eigenvalue weighted by atomic mass is 16.5. The summed E-state index contributed by atoms with van der Waals surface area (Å²) in [5, 5.41) is 0. The molecule has 3 nitrogen and oxygen atoms in total. The molecule has 1 aromatic heterocycles. The first-order chi connectivity index (χ1) is 14.4. The molecule has 0 spiro atoms. The van der Waals surface area contributed by atoms with Gasteiger partial charge in [0.25, 0.3) is 0 Å². The van der Waals surface area contributed by atoms with Gasteiger partial charge in [-0.15, -0.1) is 0 Å². The number of para-hydroxylation sites is 2. The van der Waals surface area contributed by atoms with Crippen LogP contribution in [0.15, 0.2) is 60.7 Å². The molecule has 0 fully saturated rings.